The third kappa shape index (κ3) is 5.90. The second-order valence-electron chi connectivity index (χ2n) is 8.09. The smallest absolute Gasteiger partial charge is 0.255 e. The molecular formula is C26H29N3OS. The lowest BCUT2D eigenvalue weighted by Crippen LogP contribution is -2.44. The van der Waals surface area contributed by atoms with E-state index in [1.54, 1.807) is 11.8 Å². The van der Waals surface area contributed by atoms with Crippen molar-refractivity contribution in [2.24, 2.45) is 0 Å². The van der Waals surface area contributed by atoms with Gasteiger partial charge in [0.2, 0.25) is 0 Å². The highest BCUT2D eigenvalue weighted by Gasteiger charge is 2.14. The van der Waals surface area contributed by atoms with Gasteiger partial charge in [0, 0.05) is 53.8 Å². The molecule has 1 saturated heterocycles. The first-order valence-corrected chi connectivity index (χ1v) is 11.7. The van der Waals surface area contributed by atoms with Crippen LogP contribution in [0.1, 0.15) is 21.5 Å². The van der Waals surface area contributed by atoms with Gasteiger partial charge in [-0.1, -0.05) is 29.8 Å². The van der Waals surface area contributed by atoms with E-state index in [1.165, 1.54) is 21.7 Å². The Hall–Kier alpha value is -2.76. The Balaban J connectivity index is 1.30. The molecule has 0 aromatic heterocycles. The first kappa shape index (κ1) is 21.5. The zero-order valence-electron chi connectivity index (χ0n) is 18.2. The molecule has 0 saturated carbocycles. The lowest BCUT2D eigenvalue weighted by atomic mass is 10.1. The molecule has 0 unspecified atom stereocenters. The number of amides is 1. The molecule has 0 aliphatic carbocycles. The largest absolute Gasteiger partial charge is 0.369 e. The Morgan fingerprint density at radius 2 is 1.52 bits per heavy atom. The van der Waals surface area contributed by atoms with Crippen molar-refractivity contribution in [2.45, 2.75) is 17.6 Å². The number of nitrogens with zero attached hydrogens (tertiary/aromatic N) is 2. The minimum absolute atomic E-state index is 0.0786. The van der Waals surface area contributed by atoms with Gasteiger partial charge in [0.1, 0.15) is 0 Å². The third-order valence-corrected chi connectivity index (χ3v) is 6.72. The summed E-state index contributed by atoms with van der Waals surface area (Å²) >= 11 is 1.81. The molecule has 1 aliphatic rings. The van der Waals surface area contributed by atoms with Crippen molar-refractivity contribution in [1.82, 2.24) is 4.90 Å². The van der Waals surface area contributed by atoms with Crippen LogP contribution in [0.5, 0.6) is 0 Å². The number of rotatable bonds is 6. The summed E-state index contributed by atoms with van der Waals surface area (Å²) in [7, 11) is 2.16. The number of hydrogen-bond donors (Lipinski definition) is 1. The van der Waals surface area contributed by atoms with E-state index in [9.17, 15) is 4.79 Å². The molecule has 1 aliphatic heterocycles. The molecule has 4 rings (SSSR count). The number of aryl methyl sites for hydroxylation is 1. The molecule has 0 atom stereocenters. The lowest BCUT2D eigenvalue weighted by Gasteiger charge is -2.34. The molecule has 5 heteroatoms. The molecule has 3 aromatic carbocycles. The fourth-order valence-electron chi connectivity index (χ4n) is 3.58. The van der Waals surface area contributed by atoms with Crippen molar-refractivity contribution < 1.29 is 4.79 Å². The molecule has 160 valence electrons. The number of carbonyl (C=O) groups excluding carboxylic acids is 1. The van der Waals surface area contributed by atoms with E-state index in [2.05, 4.69) is 65.5 Å². The highest BCUT2D eigenvalue weighted by atomic mass is 32.2. The molecule has 0 bridgehead atoms. The van der Waals surface area contributed by atoms with Gasteiger partial charge in [-0.3, -0.25) is 4.79 Å². The fraction of sp³-hybridized carbons (Fsp3) is 0.269. The molecular weight excluding hydrogens is 402 g/mol. The van der Waals surface area contributed by atoms with E-state index in [0.29, 0.717) is 5.56 Å². The van der Waals surface area contributed by atoms with E-state index in [4.69, 9.17) is 0 Å². The van der Waals surface area contributed by atoms with Crippen LogP contribution in [0.2, 0.25) is 0 Å². The number of piperazine rings is 1. The molecule has 31 heavy (non-hydrogen) atoms. The van der Waals surface area contributed by atoms with Gasteiger partial charge in [0.05, 0.1) is 0 Å². The van der Waals surface area contributed by atoms with Crippen molar-refractivity contribution in [1.29, 1.82) is 0 Å². The first-order chi connectivity index (χ1) is 15.1. The second kappa shape index (κ2) is 10.0. The summed E-state index contributed by atoms with van der Waals surface area (Å²) in [5, 5.41) is 3.01. The predicted molar refractivity (Wildman–Crippen MR) is 131 cm³/mol. The minimum atomic E-state index is -0.0786. The first-order valence-electron chi connectivity index (χ1n) is 10.7. The topological polar surface area (TPSA) is 35.6 Å². The van der Waals surface area contributed by atoms with Gasteiger partial charge in [0.25, 0.3) is 5.91 Å². The van der Waals surface area contributed by atoms with Crippen LogP contribution in [-0.4, -0.2) is 44.0 Å². The molecule has 1 amide bonds. The summed E-state index contributed by atoms with van der Waals surface area (Å²) in [6.07, 6.45) is 0. The Bertz CT molecular complexity index is 992. The maximum atomic E-state index is 12.6. The Labute approximate surface area is 189 Å². The number of hydrogen-bond acceptors (Lipinski definition) is 4. The highest BCUT2D eigenvalue weighted by molar-refractivity contribution is 7.98. The third-order valence-electron chi connectivity index (χ3n) is 5.64. The van der Waals surface area contributed by atoms with E-state index in [0.717, 1.165) is 37.6 Å². The number of benzene rings is 3. The van der Waals surface area contributed by atoms with Crippen LogP contribution in [0, 0.1) is 6.92 Å². The van der Waals surface area contributed by atoms with Crippen LogP contribution < -0.4 is 10.2 Å². The van der Waals surface area contributed by atoms with Crippen LogP contribution in [0.15, 0.2) is 77.7 Å². The fourth-order valence-corrected chi connectivity index (χ4v) is 4.43. The monoisotopic (exact) mass is 431 g/mol. The van der Waals surface area contributed by atoms with Crippen LogP contribution >= 0.6 is 11.8 Å². The van der Waals surface area contributed by atoms with Gasteiger partial charge in [-0.25, -0.2) is 0 Å². The predicted octanol–water partition coefficient (Wildman–Crippen LogP) is 5.29. The molecule has 3 aromatic rings. The summed E-state index contributed by atoms with van der Waals surface area (Å²) in [6.45, 7) is 6.34. The average Bonchev–Trinajstić information content (AvgIpc) is 2.80. The molecule has 1 fully saturated rings. The van der Waals surface area contributed by atoms with Crippen LogP contribution in [-0.2, 0) is 5.75 Å². The molecule has 0 radical (unpaired) electrons. The number of carbonyl (C=O) groups is 1. The lowest BCUT2D eigenvalue weighted by molar-refractivity contribution is 0.102. The summed E-state index contributed by atoms with van der Waals surface area (Å²) < 4.78 is 0. The van der Waals surface area contributed by atoms with Gasteiger partial charge in [-0.15, -0.1) is 11.8 Å². The van der Waals surface area contributed by atoms with E-state index in [-0.39, 0.29) is 5.91 Å². The SMILES string of the molecule is Cc1ccc(SCc2ccc(C(=O)Nc3ccc(N4CCN(C)CC4)cc3)cc2)cc1. The Morgan fingerprint density at radius 3 is 2.16 bits per heavy atom. The van der Waals surface area contributed by atoms with Crippen molar-refractivity contribution in [3.05, 3.63) is 89.5 Å². The summed E-state index contributed by atoms with van der Waals surface area (Å²) in [5.41, 5.74) is 5.18. The average molecular weight is 432 g/mol. The van der Waals surface area contributed by atoms with Crippen LogP contribution in [0.3, 0.4) is 0 Å². The second-order valence-corrected chi connectivity index (χ2v) is 9.14. The van der Waals surface area contributed by atoms with Crippen molar-refractivity contribution >= 4 is 29.0 Å². The van der Waals surface area contributed by atoms with E-state index >= 15 is 0 Å². The maximum absolute atomic E-state index is 12.6. The van der Waals surface area contributed by atoms with Crippen molar-refractivity contribution in [3.63, 3.8) is 0 Å². The van der Waals surface area contributed by atoms with Crippen molar-refractivity contribution in [2.75, 3.05) is 43.4 Å². The normalized spacial score (nSPS) is 14.5. The Kier molecular flexibility index (Phi) is 6.95. The van der Waals surface area contributed by atoms with E-state index < -0.39 is 0 Å². The van der Waals surface area contributed by atoms with Gasteiger partial charge >= 0.3 is 0 Å². The molecule has 1 heterocycles. The Morgan fingerprint density at radius 1 is 0.871 bits per heavy atom. The molecule has 0 spiro atoms. The maximum Gasteiger partial charge on any atom is 0.255 e. The summed E-state index contributed by atoms with van der Waals surface area (Å²) in [5.74, 6) is 0.809. The standard InChI is InChI=1S/C26H29N3OS/c1-20-3-13-25(14-4-20)31-19-21-5-7-22(8-6-21)26(30)27-23-9-11-24(12-10-23)29-17-15-28(2)16-18-29/h3-14H,15-19H2,1-2H3,(H,27,30). The molecule has 1 N–H and O–H groups in total. The molecule has 4 nitrogen and oxygen atoms in total. The van der Waals surface area contributed by atoms with Gasteiger partial charge in [-0.2, -0.15) is 0 Å². The summed E-state index contributed by atoms with van der Waals surface area (Å²) in [4.78, 5) is 18.6. The van der Waals surface area contributed by atoms with Gasteiger partial charge in [-0.05, 0) is 68.1 Å². The zero-order chi connectivity index (χ0) is 21.6. The van der Waals surface area contributed by atoms with Crippen molar-refractivity contribution in [3.8, 4) is 0 Å². The number of thioether (sulfide) groups is 1. The highest BCUT2D eigenvalue weighted by Crippen LogP contribution is 2.24. The zero-order valence-corrected chi connectivity index (χ0v) is 19.0. The van der Waals surface area contributed by atoms with Crippen LogP contribution in [0.25, 0.3) is 0 Å². The quantitative estimate of drug-likeness (QED) is 0.538. The number of nitrogens with one attached hydrogen (secondary N) is 1. The number of anilines is 2. The minimum Gasteiger partial charge on any atom is -0.369 e. The van der Waals surface area contributed by atoms with Crippen LogP contribution in [0.4, 0.5) is 11.4 Å². The van der Waals surface area contributed by atoms with E-state index in [1.807, 2.05) is 36.4 Å². The summed E-state index contributed by atoms with van der Waals surface area (Å²) in [6, 6.07) is 24.6. The van der Waals surface area contributed by atoms with Gasteiger partial charge in [0.15, 0.2) is 0 Å². The van der Waals surface area contributed by atoms with Gasteiger partial charge < -0.3 is 15.1 Å². The number of likely N-dealkylation sites (N-methyl/N-ethyl adjacent to an activating group) is 1.